The Balaban J connectivity index is 2.61. The Morgan fingerprint density at radius 1 is 1.50 bits per heavy atom. The Hall–Kier alpha value is -0.530. The summed E-state index contributed by atoms with van der Waals surface area (Å²) in [7, 11) is 0. The Kier molecular flexibility index (Phi) is 1.97. The monoisotopic (exact) mass is 142 g/mol. The van der Waals surface area contributed by atoms with Gasteiger partial charge in [0.2, 0.25) is 0 Å². The molecule has 0 N–H and O–H groups in total. The molecular formula is C8H14O2. The fourth-order valence-electron chi connectivity index (χ4n) is 1.36. The van der Waals surface area contributed by atoms with Crippen LogP contribution in [0.4, 0.5) is 0 Å². The second-order valence-corrected chi connectivity index (χ2v) is 3.03. The van der Waals surface area contributed by atoms with E-state index in [0.29, 0.717) is 5.92 Å². The maximum atomic E-state index is 10.9. The zero-order valence-corrected chi connectivity index (χ0v) is 6.76. The summed E-state index contributed by atoms with van der Waals surface area (Å²) in [6, 6.07) is 0. The molecule has 10 heavy (non-hydrogen) atoms. The molecule has 2 heteroatoms. The molecule has 0 amide bonds. The lowest BCUT2D eigenvalue weighted by atomic mass is 9.93. The molecule has 0 saturated carbocycles. The standard InChI is InChI=1S/C8H14O2/c1-4-7-5(2)6(3)8(9)10-7/h5-7H,4H2,1-3H3/t5-,6+,7+/m0/s1. The van der Waals surface area contributed by atoms with Gasteiger partial charge in [0.15, 0.2) is 0 Å². The molecule has 1 saturated heterocycles. The predicted octanol–water partition coefficient (Wildman–Crippen LogP) is 1.59. The number of rotatable bonds is 1. The minimum Gasteiger partial charge on any atom is -0.462 e. The highest BCUT2D eigenvalue weighted by Gasteiger charge is 2.37. The Morgan fingerprint density at radius 3 is 2.30 bits per heavy atom. The van der Waals surface area contributed by atoms with E-state index in [1.807, 2.05) is 13.8 Å². The highest BCUT2D eigenvalue weighted by molar-refractivity contribution is 5.74. The predicted molar refractivity (Wildman–Crippen MR) is 38.5 cm³/mol. The van der Waals surface area contributed by atoms with Crippen LogP contribution in [0, 0.1) is 11.8 Å². The van der Waals surface area contributed by atoms with Gasteiger partial charge in [-0.1, -0.05) is 20.8 Å². The first-order chi connectivity index (χ1) is 4.66. The van der Waals surface area contributed by atoms with Crippen LogP contribution in [0.2, 0.25) is 0 Å². The highest BCUT2D eigenvalue weighted by atomic mass is 16.6. The van der Waals surface area contributed by atoms with Gasteiger partial charge < -0.3 is 4.74 Å². The van der Waals surface area contributed by atoms with Crippen molar-refractivity contribution in [3.8, 4) is 0 Å². The summed E-state index contributed by atoms with van der Waals surface area (Å²) >= 11 is 0. The zero-order chi connectivity index (χ0) is 7.72. The molecule has 0 aliphatic carbocycles. The number of hydrogen-bond donors (Lipinski definition) is 0. The minimum atomic E-state index is -0.0284. The molecule has 0 unspecified atom stereocenters. The largest absolute Gasteiger partial charge is 0.462 e. The summed E-state index contributed by atoms with van der Waals surface area (Å²) in [5.74, 6) is 0.474. The molecule has 2 nitrogen and oxygen atoms in total. The Labute approximate surface area is 61.6 Å². The van der Waals surface area contributed by atoms with E-state index < -0.39 is 0 Å². The molecule has 0 spiro atoms. The van der Waals surface area contributed by atoms with Crippen molar-refractivity contribution >= 4 is 5.97 Å². The van der Waals surface area contributed by atoms with Gasteiger partial charge in [-0.2, -0.15) is 0 Å². The second kappa shape index (κ2) is 2.60. The van der Waals surface area contributed by atoms with Crippen LogP contribution in [-0.2, 0) is 9.53 Å². The summed E-state index contributed by atoms with van der Waals surface area (Å²) in [6.45, 7) is 6.05. The number of esters is 1. The van der Waals surface area contributed by atoms with Gasteiger partial charge in [-0.15, -0.1) is 0 Å². The number of carbonyl (C=O) groups is 1. The summed E-state index contributed by atoms with van der Waals surface area (Å²) in [5, 5.41) is 0. The van der Waals surface area contributed by atoms with Gasteiger partial charge in [-0.05, 0) is 6.42 Å². The van der Waals surface area contributed by atoms with Crippen molar-refractivity contribution in [2.75, 3.05) is 0 Å². The van der Waals surface area contributed by atoms with Crippen molar-refractivity contribution in [1.82, 2.24) is 0 Å². The summed E-state index contributed by atoms with van der Waals surface area (Å²) in [5.41, 5.74) is 0. The van der Waals surface area contributed by atoms with Crippen molar-refractivity contribution in [3.63, 3.8) is 0 Å². The molecule has 0 bridgehead atoms. The van der Waals surface area contributed by atoms with Crippen LogP contribution in [0.5, 0.6) is 0 Å². The van der Waals surface area contributed by atoms with Crippen LogP contribution in [0.25, 0.3) is 0 Å². The average Bonchev–Trinajstić information content (AvgIpc) is 2.17. The highest BCUT2D eigenvalue weighted by Crippen LogP contribution is 2.28. The summed E-state index contributed by atoms with van der Waals surface area (Å²) in [4.78, 5) is 10.9. The third-order valence-corrected chi connectivity index (χ3v) is 2.42. The van der Waals surface area contributed by atoms with Crippen molar-refractivity contribution in [3.05, 3.63) is 0 Å². The number of hydrogen-bond acceptors (Lipinski definition) is 2. The average molecular weight is 142 g/mol. The van der Waals surface area contributed by atoms with Gasteiger partial charge in [0.25, 0.3) is 0 Å². The maximum Gasteiger partial charge on any atom is 0.309 e. The van der Waals surface area contributed by atoms with Crippen LogP contribution in [-0.4, -0.2) is 12.1 Å². The maximum absolute atomic E-state index is 10.9. The van der Waals surface area contributed by atoms with Crippen LogP contribution in [0.3, 0.4) is 0 Å². The normalized spacial score (nSPS) is 39.9. The van der Waals surface area contributed by atoms with E-state index in [2.05, 4.69) is 6.92 Å². The molecule has 3 atom stereocenters. The molecule has 1 aliphatic heterocycles. The Bertz CT molecular complexity index is 142. The first-order valence-electron chi connectivity index (χ1n) is 3.87. The van der Waals surface area contributed by atoms with E-state index in [-0.39, 0.29) is 18.0 Å². The molecule has 0 aromatic heterocycles. The molecule has 1 heterocycles. The first kappa shape index (κ1) is 7.58. The number of carbonyl (C=O) groups excluding carboxylic acids is 1. The third-order valence-electron chi connectivity index (χ3n) is 2.42. The molecule has 58 valence electrons. The fourth-order valence-corrected chi connectivity index (χ4v) is 1.36. The molecule has 0 aromatic carbocycles. The third kappa shape index (κ3) is 1.02. The lowest BCUT2D eigenvalue weighted by molar-refractivity contribution is -0.144. The van der Waals surface area contributed by atoms with Crippen LogP contribution in [0.15, 0.2) is 0 Å². The van der Waals surface area contributed by atoms with E-state index in [4.69, 9.17) is 4.74 Å². The Morgan fingerprint density at radius 2 is 2.10 bits per heavy atom. The van der Waals surface area contributed by atoms with Crippen molar-refractivity contribution in [2.45, 2.75) is 33.3 Å². The smallest absolute Gasteiger partial charge is 0.309 e. The van der Waals surface area contributed by atoms with E-state index in [1.165, 1.54) is 0 Å². The van der Waals surface area contributed by atoms with Crippen LogP contribution >= 0.6 is 0 Å². The molecule has 1 rings (SSSR count). The topological polar surface area (TPSA) is 26.3 Å². The molecule has 1 aliphatic rings. The van der Waals surface area contributed by atoms with Crippen molar-refractivity contribution < 1.29 is 9.53 Å². The van der Waals surface area contributed by atoms with Crippen molar-refractivity contribution in [1.29, 1.82) is 0 Å². The van der Waals surface area contributed by atoms with E-state index >= 15 is 0 Å². The lowest BCUT2D eigenvalue weighted by Gasteiger charge is -2.10. The lowest BCUT2D eigenvalue weighted by Crippen LogP contribution is -2.14. The zero-order valence-electron chi connectivity index (χ0n) is 6.76. The van der Waals surface area contributed by atoms with E-state index in [1.54, 1.807) is 0 Å². The van der Waals surface area contributed by atoms with Crippen LogP contribution < -0.4 is 0 Å². The van der Waals surface area contributed by atoms with Gasteiger partial charge in [-0.25, -0.2) is 0 Å². The van der Waals surface area contributed by atoms with Gasteiger partial charge in [0.05, 0.1) is 5.92 Å². The molecule has 1 fully saturated rings. The SMILES string of the molecule is CC[C@H]1OC(=O)[C@H](C)[C@@H]1C. The minimum absolute atomic E-state index is 0.0284. The molecular weight excluding hydrogens is 128 g/mol. The number of ether oxygens (including phenoxy) is 1. The summed E-state index contributed by atoms with van der Waals surface area (Å²) in [6.07, 6.45) is 1.11. The van der Waals surface area contributed by atoms with Gasteiger partial charge in [-0.3, -0.25) is 4.79 Å². The molecule has 0 radical (unpaired) electrons. The number of cyclic esters (lactones) is 1. The van der Waals surface area contributed by atoms with E-state index in [0.717, 1.165) is 6.42 Å². The van der Waals surface area contributed by atoms with Gasteiger partial charge >= 0.3 is 5.97 Å². The van der Waals surface area contributed by atoms with Crippen molar-refractivity contribution in [2.24, 2.45) is 11.8 Å². The van der Waals surface area contributed by atoms with E-state index in [9.17, 15) is 4.79 Å². The summed E-state index contributed by atoms with van der Waals surface area (Å²) < 4.78 is 5.10. The first-order valence-corrected chi connectivity index (χ1v) is 3.87. The van der Waals surface area contributed by atoms with Gasteiger partial charge in [0, 0.05) is 5.92 Å². The van der Waals surface area contributed by atoms with Crippen LogP contribution in [0.1, 0.15) is 27.2 Å². The quantitative estimate of drug-likeness (QED) is 0.520. The second-order valence-electron chi connectivity index (χ2n) is 3.03. The molecule has 0 aromatic rings. The van der Waals surface area contributed by atoms with Gasteiger partial charge in [0.1, 0.15) is 6.10 Å². The fraction of sp³-hybridized carbons (Fsp3) is 0.875.